The second-order valence-corrected chi connectivity index (χ2v) is 5.52. The van der Waals surface area contributed by atoms with Crippen LogP contribution in [-0.2, 0) is 10.0 Å². The number of hydrogen-bond acceptors (Lipinski definition) is 4. The van der Waals surface area contributed by atoms with Crippen LogP contribution in [0.3, 0.4) is 0 Å². The summed E-state index contributed by atoms with van der Waals surface area (Å²) in [5.41, 5.74) is -0.514. The summed E-state index contributed by atoms with van der Waals surface area (Å²) in [6, 6.07) is 9.49. The Labute approximate surface area is 114 Å². The molecular formula is C12H9FN2O4S. The normalized spacial score (nSPS) is 11.1. The monoisotopic (exact) mass is 296 g/mol. The lowest BCUT2D eigenvalue weighted by Crippen LogP contribution is -2.14. The molecule has 0 saturated carbocycles. The van der Waals surface area contributed by atoms with Crippen molar-refractivity contribution in [2.75, 3.05) is 4.72 Å². The molecule has 0 aliphatic carbocycles. The molecule has 104 valence electrons. The summed E-state index contributed by atoms with van der Waals surface area (Å²) in [5, 5.41) is 10.8. The molecule has 0 atom stereocenters. The number of nitro benzene ring substituents is 1. The number of rotatable bonds is 4. The van der Waals surface area contributed by atoms with Gasteiger partial charge in [-0.15, -0.1) is 0 Å². The van der Waals surface area contributed by atoms with E-state index in [1.165, 1.54) is 24.3 Å². The molecule has 2 aromatic carbocycles. The van der Waals surface area contributed by atoms with Crippen molar-refractivity contribution in [3.8, 4) is 0 Å². The number of nitrogens with one attached hydrogen (secondary N) is 1. The Hall–Kier alpha value is -2.48. The number of benzene rings is 2. The van der Waals surface area contributed by atoms with Gasteiger partial charge in [0.1, 0.15) is 11.5 Å². The predicted molar refractivity (Wildman–Crippen MR) is 70.3 cm³/mol. The first-order valence-electron chi connectivity index (χ1n) is 5.42. The Balaban J connectivity index is 2.38. The van der Waals surface area contributed by atoms with Crippen molar-refractivity contribution in [3.63, 3.8) is 0 Å². The summed E-state index contributed by atoms with van der Waals surface area (Å²) >= 11 is 0. The average Bonchev–Trinajstić information content (AvgIpc) is 2.39. The fourth-order valence-corrected chi connectivity index (χ4v) is 2.61. The molecule has 2 aromatic rings. The van der Waals surface area contributed by atoms with E-state index in [9.17, 15) is 22.9 Å². The maximum Gasteiger partial charge on any atom is 0.293 e. The number of para-hydroxylation sites is 2. The summed E-state index contributed by atoms with van der Waals surface area (Å²) in [6.07, 6.45) is 0. The first-order valence-corrected chi connectivity index (χ1v) is 6.90. The zero-order valence-corrected chi connectivity index (χ0v) is 10.8. The van der Waals surface area contributed by atoms with Gasteiger partial charge in [-0.25, -0.2) is 12.8 Å². The van der Waals surface area contributed by atoms with Gasteiger partial charge in [-0.3, -0.25) is 14.8 Å². The largest absolute Gasteiger partial charge is 0.293 e. The SMILES string of the molecule is O=[N+]([O-])c1ccccc1NS(=O)(=O)c1ccc(F)cc1. The number of hydrogen-bond donors (Lipinski definition) is 1. The predicted octanol–water partition coefficient (Wildman–Crippen LogP) is 2.53. The van der Waals surface area contributed by atoms with E-state index in [1.807, 2.05) is 0 Å². The minimum absolute atomic E-state index is 0.151. The van der Waals surface area contributed by atoms with Gasteiger partial charge in [0.2, 0.25) is 0 Å². The molecule has 1 N–H and O–H groups in total. The summed E-state index contributed by atoms with van der Waals surface area (Å²) < 4.78 is 38.9. The van der Waals surface area contributed by atoms with Crippen LogP contribution in [0, 0.1) is 15.9 Å². The van der Waals surface area contributed by atoms with E-state index in [4.69, 9.17) is 0 Å². The van der Waals surface area contributed by atoms with E-state index in [0.29, 0.717) is 0 Å². The zero-order chi connectivity index (χ0) is 14.8. The fourth-order valence-electron chi connectivity index (χ4n) is 1.54. The Morgan fingerprint density at radius 2 is 1.65 bits per heavy atom. The lowest BCUT2D eigenvalue weighted by atomic mass is 10.3. The molecule has 2 rings (SSSR count). The van der Waals surface area contributed by atoms with E-state index < -0.39 is 20.8 Å². The lowest BCUT2D eigenvalue weighted by Gasteiger charge is -2.08. The second kappa shape index (κ2) is 5.25. The van der Waals surface area contributed by atoms with Crippen LogP contribution in [0.4, 0.5) is 15.8 Å². The van der Waals surface area contributed by atoms with Crippen molar-refractivity contribution in [1.29, 1.82) is 0 Å². The average molecular weight is 296 g/mol. The lowest BCUT2D eigenvalue weighted by molar-refractivity contribution is -0.383. The molecule has 0 heterocycles. The van der Waals surface area contributed by atoms with E-state index in [0.717, 1.165) is 24.3 Å². The van der Waals surface area contributed by atoms with Crippen molar-refractivity contribution in [3.05, 3.63) is 64.5 Å². The highest BCUT2D eigenvalue weighted by molar-refractivity contribution is 7.92. The van der Waals surface area contributed by atoms with Gasteiger partial charge in [0.25, 0.3) is 15.7 Å². The number of nitrogens with zero attached hydrogens (tertiary/aromatic N) is 1. The molecular weight excluding hydrogens is 287 g/mol. The van der Waals surface area contributed by atoms with Crippen molar-refractivity contribution in [1.82, 2.24) is 0 Å². The van der Waals surface area contributed by atoms with E-state index in [2.05, 4.69) is 4.72 Å². The molecule has 0 fully saturated rings. The van der Waals surface area contributed by atoms with Crippen molar-refractivity contribution in [2.24, 2.45) is 0 Å². The van der Waals surface area contributed by atoms with E-state index >= 15 is 0 Å². The Morgan fingerprint density at radius 3 is 2.25 bits per heavy atom. The van der Waals surface area contributed by atoms with Gasteiger partial charge in [0.15, 0.2) is 0 Å². The fraction of sp³-hybridized carbons (Fsp3) is 0. The van der Waals surface area contributed by atoms with Crippen LogP contribution in [0.25, 0.3) is 0 Å². The van der Waals surface area contributed by atoms with E-state index in [1.54, 1.807) is 0 Å². The molecule has 0 aliphatic heterocycles. The van der Waals surface area contributed by atoms with E-state index in [-0.39, 0.29) is 16.3 Å². The van der Waals surface area contributed by atoms with Gasteiger partial charge >= 0.3 is 0 Å². The Morgan fingerprint density at radius 1 is 1.05 bits per heavy atom. The number of anilines is 1. The molecule has 0 amide bonds. The highest BCUT2D eigenvalue weighted by Crippen LogP contribution is 2.26. The van der Waals surface area contributed by atoms with Gasteiger partial charge in [0.05, 0.1) is 9.82 Å². The van der Waals surface area contributed by atoms with Crippen LogP contribution in [0.2, 0.25) is 0 Å². The molecule has 8 heteroatoms. The van der Waals surface area contributed by atoms with Crippen LogP contribution in [-0.4, -0.2) is 13.3 Å². The third-order valence-electron chi connectivity index (χ3n) is 2.47. The van der Waals surface area contributed by atoms with Crippen molar-refractivity contribution >= 4 is 21.4 Å². The molecule has 0 aromatic heterocycles. The van der Waals surface area contributed by atoms with Crippen LogP contribution < -0.4 is 4.72 Å². The molecule has 0 spiro atoms. The zero-order valence-electron chi connectivity index (χ0n) is 9.99. The third-order valence-corrected chi connectivity index (χ3v) is 3.85. The first kappa shape index (κ1) is 13.9. The molecule has 0 unspecified atom stereocenters. The standard InChI is InChI=1S/C12H9FN2O4S/c13-9-5-7-10(8-6-9)20(18,19)14-11-3-1-2-4-12(11)15(16)17/h1-8,14H. The molecule has 0 radical (unpaired) electrons. The topological polar surface area (TPSA) is 89.3 Å². The summed E-state index contributed by atoms with van der Waals surface area (Å²) in [6.45, 7) is 0. The van der Waals surface area contributed by atoms with Crippen molar-refractivity contribution < 1.29 is 17.7 Å². The Kier molecular flexibility index (Phi) is 3.66. The number of nitro groups is 1. The molecule has 0 bridgehead atoms. The smallest absolute Gasteiger partial charge is 0.273 e. The molecule has 0 aliphatic rings. The Bertz CT molecular complexity index is 744. The summed E-state index contributed by atoms with van der Waals surface area (Å²) in [4.78, 5) is 9.93. The maximum absolute atomic E-state index is 12.8. The van der Waals surface area contributed by atoms with Crippen LogP contribution in [0.15, 0.2) is 53.4 Å². The van der Waals surface area contributed by atoms with Gasteiger partial charge in [0, 0.05) is 6.07 Å². The number of sulfonamides is 1. The third kappa shape index (κ3) is 2.91. The quantitative estimate of drug-likeness (QED) is 0.693. The van der Waals surface area contributed by atoms with Crippen molar-refractivity contribution in [2.45, 2.75) is 4.90 Å². The van der Waals surface area contributed by atoms with Crippen LogP contribution >= 0.6 is 0 Å². The van der Waals surface area contributed by atoms with Crippen LogP contribution in [0.5, 0.6) is 0 Å². The first-order chi connectivity index (χ1) is 9.40. The molecule has 0 saturated heterocycles. The van der Waals surface area contributed by atoms with Gasteiger partial charge in [-0.2, -0.15) is 0 Å². The molecule has 6 nitrogen and oxygen atoms in total. The second-order valence-electron chi connectivity index (χ2n) is 3.83. The van der Waals surface area contributed by atoms with Gasteiger partial charge < -0.3 is 0 Å². The summed E-state index contributed by atoms with van der Waals surface area (Å²) in [7, 11) is -4.01. The minimum atomic E-state index is -4.01. The van der Waals surface area contributed by atoms with Gasteiger partial charge in [-0.05, 0) is 30.3 Å². The summed E-state index contributed by atoms with van der Waals surface area (Å²) in [5.74, 6) is -0.574. The minimum Gasteiger partial charge on any atom is -0.273 e. The van der Waals surface area contributed by atoms with Gasteiger partial charge in [-0.1, -0.05) is 12.1 Å². The maximum atomic E-state index is 12.8. The van der Waals surface area contributed by atoms with Crippen LogP contribution in [0.1, 0.15) is 0 Å². The number of halogens is 1. The highest BCUT2D eigenvalue weighted by Gasteiger charge is 2.20. The molecule has 20 heavy (non-hydrogen) atoms. The highest BCUT2D eigenvalue weighted by atomic mass is 32.2.